The molecule has 0 bridgehead atoms. The quantitative estimate of drug-likeness (QED) is 0.743. The van der Waals surface area contributed by atoms with Gasteiger partial charge in [0.05, 0.1) is 32.3 Å². The highest BCUT2D eigenvalue weighted by atomic mass is 19.1. The third kappa shape index (κ3) is 4.08. The number of alkyl halides is 1. The van der Waals surface area contributed by atoms with Crippen molar-refractivity contribution in [2.45, 2.75) is 19.4 Å². The molecule has 1 aliphatic rings. The Labute approximate surface area is 141 Å². The Morgan fingerprint density at radius 2 is 1.29 bits per heavy atom. The summed E-state index contributed by atoms with van der Waals surface area (Å²) in [5.74, 6) is -1.17. The Morgan fingerprint density at radius 3 is 1.83 bits per heavy atom. The van der Waals surface area contributed by atoms with Crippen molar-refractivity contribution in [3.63, 3.8) is 0 Å². The second kappa shape index (κ2) is 8.18. The molecule has 0 radical (unpaired) electrons. The van der Waals surface area contributed by atoms with E-state index in [1.165, 1.54) is 0 Å². The molecular formula is C20H21FO3. The average molecular weight is 328 g/mol. The predicted octanol–water partition coefficient (Wildman–Crippen LogP) is 3.57. The molecule has 0 aliphatic heterocycles. The number of Topliss-reactive ketones (excluding diaryl/α,β-unsaturated/α-hetero) is 1. The molecule has 1 fully saturated rings. The zero-order chi connectivity index (χ0) is 16.8. The van der Waals surface area contributed by atoms with Gasteiger partial charge in [0.25, 0.3) is 0 Å². The Kier molecular flexibility index (Phi) is 5.72. The molecular weight excluding hydrogens is 307 g/mol. The van der Waals surface area contributed by atoms with Gasteiger partial charge in [-0.15, -0.1) is 0 Å². The van der Waals surface area contributed by atoms with E-state index in [1.54, 1.807) is 0 Å². The van der Waals surface area contributed by atoms with E-state index in [1.807, 2.05) is 60.7 Å². The number of ether oxygens (including phenoxy) is 2. The Hall–Kier alpha value is -2.04. The second-order valence-electron chi connectivity index (χ2n) is 6.08. The summed E-state index contributed by atoms with van der Waals surface area (Å²) in [6.45, 7) is 1.34. The van der Waals surface area contributed by atoms with Crippen molar-refractivity contribution in [2.75, 3.05) is 13.2 Å². The molecule has 0 aromatic heterocycles. The molecule has 3 atom stereocenters. The second-order valence-corrected chi connectivity index (χ2v) is 6.08. The molecule has 0 heterocycles. The van der Waals surface area contributed by atoms with Crippen LogP contribution in [0, 0.1) is 11.8 Å². The molecule has 0 saturated heterocycles. The number of ketones is 1. The van der Waals surface area contributed by atoms with Gasteiger partial charge in [-0.25, -0.2) is 4.39 Å². The number of halogens is 1. The van der Waals surface area contributed by atoms with Gasteiger partial charge in [-0.05, 0) is 11.1 Å². The summed E-state index contributed by atoms with van der Waals surface area (Å²) < 4.78 is 25.0. The zero-order valence-corrected chi connectivity index (χ0v) is 13.4. The topological polar surface area (TPSA) is 35.5 Å². The van der Waals surface area contributed by atoms with Crippen LogP contribution in [0.4, 0.5) is 4.39 Å². The van der Waals surface area contributed by atoms with E-state index in [4.69, 9.17) is 9.47 Å². The van der Waals surface area contributed by atoms with Crippen LogP contribution in [0.3, 0.4) is 0 Å². The SMILES string of the molecule is O=C1C(COCc2ccccc2)C(COCc2ccccc2)[C@@H]1F. The first-order valence-corrected chi connectivity index (χ1v) is 8.17. The molecule has 0 spiro atoms. The van der Waals surface area contributed by atoms with E-state index in [2.05, 4.69) is 0 Å². The fourth-order valence-corrected chi connectivity index (χ4v) is 2.88. The summed E-state index contributed by atoms with van der Waals surface area (Å²) in [6, 6.07) is 19.4. The molecule has 0 amide bonds. The standard InChI is InChI=1S/C20H21FO3/c21-19-17(13-23-11-15-7-3-1-4-8-15)18(20(19)22)14-24-12-16-9-5-2-6-10-16/h1-10,17-19H,11-14H2/t17?,18?,19-/m0/s1. The first-order valence-electron chi connectivity index (χ1n) is 8.17. The van der Waals surface area contributed by atoms with E-state index in [0.29, 0.717) is 13.2 Å². The van der Waals surface area contributed by atoms with Crippen LogP contribution in [0.1, 0.15) is 11.1 Å². The summed E-state index contributed by atoms with van der Waals surface area (Å²) in [6.07, 6.45) is -1.42. The van der Waals surface area contributed by atoms with Gasteiger partial charge in [0.1, 0.15) is 0 Å². The Bertz CT molecular complexity index is 644. The van der Waals surface area contributed by atoms with Gasteiger partial charge in [-0.1, -0.05) is 60.7 Å². The van der Waals surface area contributed by atoms with E-state index in [0.717, 1.165) is 11.1 Å². The molecule has 4 heteroatoms. The monoisotopic (exact) mass is 328 g/mol. The lowest BCUT2D eigenvalue weighted by Crippen LogP contribution is -2.53. The third-order valence-electron chi connectivity index (χ3n) is 4.36. The van der Waals surface area contributed by atoms with Crippen molar-refractivity contribution in [2.24, 2.45) is 11.8 Å². The first kappa shape index (κ1) is 16.8. The molecule has 126 valence electrons. The average Bonchev–Trinajstić information content (AvgIpc) is 2.64. The van der Waals surface area contributed by atoms with Crippen LogP contribution in [0.2, 0.25) is 0 Å². The lowest BCUT2D eigenvalue weighted by molar-refractivity contribution is -0.154. The van der Waals surface area contributed by atoms with Gasteiger partial charge >= 0.3 is 0 Å². The van der Waals surface area contributed by atoms with Crippen molar-refractivity contribution in [1.82, 2.24) is 0 Å². The van der Waals surface area contributed by atoms with Crippen molar-refractivity contribution in [3.05, 3.63) is 71.8 Å². The molecule has 2 aromatic rings. The van der Waals surface area contributed by atoms with Crippen LogP contribution in [0.15, 0.2) is 60.7 Å². The molecule has 1 saturated carbocycles. The molecule has 0 N–H and O–H groups in total. The minimum atomic E-state index is -1.42. The highest BCUT2D eigenvalue weighted by Gasteiger charge is 2.50. The molecule has 1 aliphatic carbocycles. The van der Waals surface area contributed by atoms with Crippen LogP contribution < -0.4 is 0 Å². The van der Waals surface area contributed by atoms with Crippen LogP contribution >= 0.6 is 0 Å². The van der Waals surface area contributed by atoms with Crippen molar-refractivity contribution < 1.29 is 18.7 Å². The summed E-state index contributed by atoms with van der Waals surface area (Å²) in [5.41, 5.74) is 2.08. The summed E-state index contributed by atoms with van der Waals surface area (Å²) in [4.78, 5) is 11.7. The van der Waals surface area contributed by atoms with Gasteiger partial charge in [-0.3, -0.25) is 4.79 Å². The number of carbonyl (C=O) groups excluding carboxylic acids is 1. The van der Waals surface area contributed by atoms with Crippen LogP contribution in [-0.4, -0.2) is 25.2 Å². The highest BCUT2D eigenvalue weighted by Crippen LogP contribution is 2.34. The minimum Gasteiger partial charge on any atom is -0.376 e. The predicted molar refractivity (Wildman–Crippen MR) is 89.1 cm³/mol. The van der Waals surface area contributed by atoms with Crippen molar-refractivity contribution in [1.29, 1.82) is 0 Å². The maximum Gasteiger partial charge on any atom is 0.173 e. The number of carbonyl (C=O) groups is 1. The first-order chi connectivity index (χ1) is 11.8. The fraction of sp³-hybridized carbons (Fsp3) is 0.350. The lowest BCUT2D eigenvalue weighted by atomic mass is 9.71. The van der Waals surface area contributed by atoms with Crippen molar-refractivity contribution >= 4 is 5.78 Å². The van der Waals surface area contributed by atoms with Gasteiger partial charge in [0, 0.05) is 5.92 Å². The van der Waals surface area contributed by atoms with Crippen LogP contribution in [-0.2, 0) is 27.5 Å². The number of hydrogen-bond acceptors (Lipinski definition) is 3. The molecule has 2 unspecified atom stereocenters. The molecule has 3 nitrogen and oxygen atoms in total. The largest absolute Gasteiger partial charge is 0.376 e. The molecule has 2 aromatic carbocycles. The van der Waals surface area contributed by atoms with Crippen molar-refractivity contribution in [3.8, 4) is 0 Å². The number of rotatable bonds is 8. The van der Waals surface area contributed by atoms with Gasteiger partial charge in [-0.2, -0.15) is 0 Å². The summed E-state index contributed by atoms with van der Waals surface area (Å²) in [5, 5.41) is 0. The Morgan fingerprint density at radius 1 is 0.792 bits per heavy atom. The molecule has 3 rings (SSSR count). The van der Waals surface area contributed by atoms with Gasteiger partial charge in [0.2, 0.25) is 0 Å². The Balaban J connectivity index is 1.43. The van der Waals surface area contributed by atoms with Gasteiger partial charge in [0.15, 0.2) is 12.0 Å². The fourth-order valence-electron chi connectivity index (χ4n) is 2.88. The number of benzene rings is 2. The van der Waals surface area contributed by atoms with Crippen LogP contribution in [0.25, 0.3) is 0 Å². The minimum absolute atomic E-state index is 0.237. The van der Waals surface area contributed by atoms with E-state index >= 15 is 0 Å². The van der Waals surface area contributed by atoms with E-state index in [-0.39, 0.29) is 19.0 Å². The van der Waals surface area contributed by atoms with Crippen LogP contribution in [0.5, 0.6) is 0 Å². The van der Waals surface area contributed by atoms with E-state index < -0.39 is 18.0 Å². The van der Waals surface area contributed by atoms with Gasteiger partial charge < -0.3 is 9.47 Å². The zero-order valence-electron chi connectivity index (χ0n) is 13.4. The highest BCUT2D eigenvalue weighted by molar-refractivity contribution is 5.92. The maximum atomic E-state index is 13.8. The smallest absolute Gasteiger partial charge is 0.173 e. The summed E-state index contributed by atoms with van der Waals surface area (Å²) in [7, 11) is 0. The molecule has 24 heavy (non-hydrogen) atoms. The summed E-state index contributed by atoms with van der Waals surface area (Å²) >= 11 is 0. The lowest BCUT2D eigenvalue weighted by Gasteiger charge is -2.37. The van der Waals surface area contributed by atoms with E-state index in [9.17, 15) is 9.18 Å². The third-order valence-corrected chi connectivity index (χ3v) is 4.36. The normalized spacial score (nSPS) is 23.0. The number of hydrogen-bond donors (Lipinski definition) is 0. The maximum absolute atomic E-state index is 13.8.